The first-order valence-corrected chi connectivity index (χ1v) is 10.9. The Labute approximate surface area is 186 Å². The van der Waals surface area contributed by atoms with Crippen LogP contribution in [-0.4, -0.2) is 44.7 Å². The van der Waals surface area contributed by atoms with Crippen molar-refractivity contribution in [3.8, 4) is 11.4 Å². The number of carbonyl (C=O) groups excluding carboxylic acids is 1. The predicted octanol–water partition coefficient (Wildman–Crippen LogP) is 4.38. The summed E-state index contributed by atoms with van der Waals surface area (Å²) < 4.78 is 2.12. The lowest BCUT2D eigenvalue weighted by Gasteiger charge is -2.12. The van der Waals surface area contributed by atoms with E-state index < -0.39 is 0 Å². The van der Waals surface area contributed by atoms with Crippen molar-refractivity contribution < 1.29 is 4.79 Å². The van der Waals surface area contributed by atoms with Gasteiger partial charge in [-0.3, -0.25) is 14.3 Å². The van der Waals surface area contributed by atoms with Crippen molar-refractivity contribution in [1.82, 2.24) is 24.6 Å². The fourth-order valence-electron chi connectivity index (χ4n) is 3.21. The standard InChI is InChI=1S/C24H23N5OS/c1-28(2)23(30)20-11-6-10-19(14-20)17-31-24-27-26-22(21-12-7-13-25-15-21)29(24)16-18-8-4-3-5-9-18/h3-15H,16-17H2,1-2H3. The van der Waals surface area contributed by atoms with E-state index in [2.05, 4.69) is 31.9 Å². The molecule has 7 heteroatoms. The SMILES string of the molecule is CN(C)C(=O)c1cccc(CSc2nnc(-c3cccnc3)n2Cc2ccccc2)c1. The molecule has 156 valence electrons. The zero-order valence-electron chi connectivity index (χ0n) is 17.5. The molecule has 31 heavy (non-hydrogen) atoms. The molecule has 0 fully saturated rings. The molecule has 0 saturated carbocycles. The molecule has 0 saturated heterocycles. The van der Waals surface area contributed by atoms with Crippen molar-refractivity contribution in [1.29, 1.82) is 0 Å². The second kappa shape index (κ2) is 9.57. The van der Waals surface area contributed by atoms with Gasteiger partial charge in [-0.1, -0.05) is 54.2 Å². The van der Waals surface area contributed by atoms with Crippen LogP contribution in [0.5, 0.6) is 0 Å². The minimum atomic E-state index is -0.00189. The van der Waals surface area contributed by atoms with Crippen LogP contribution in [0.25, 0.3) is 11.4 Å². The monoisotopic (exact) mass is 429 g/mol. The molecule has 2 aromatic heterocycles. The van der Waals surface area contributed by atoms with Gasteiger partial charge < -0.3 is 4.90 Å². The van der Waals surface area contributed by atoms with E-state index in [1.165, 1.54) is 5.56 Å². The zero-order valence-corrected chi connectivity index (χ0v) is 18.3. The Morgan fingerprint density at radius 3 is 2.52 bits per heavy atom. The molecule has 0 aliphatic rings. The maximum absolute atomic E-state index is 12.3. The summed E-state index contributed by atoms with van der Waals surface area (Å²) in [7, 11) is 3.52. The molecular formula is C24H23N5OS. The summed E-state index contributed by atoms with van der Waals surface area (Å²) in [6.45, 7) is 0.666. The molecule has 6 nitrogen and oxygen atoms in total. The van der Waals surface area contributed by atoms with Gasteiger partial charge in [0.25, 0.3) is 5.91 Å². The van der Waals surface area contributed by atoms with E-state index in [1.54, 1.807) is 43.2 Å². The zero-order chi connectivity index (χ0) is 21.6. The normalized spacial score (nSPS) is 10.8. The van der Waals surface area contributed by atoms with E-state index in [0.717, 1.165) is 22.1 Å². The number of hydrogen-bond donors (Lipinski definition) is 0. The average Bonchev–Trinajstić information content (AvgIpc) is 3.21. The maximum atomic E-state index is 12.3. The van der Waals surface area contributed by atoms with Gasteiger partial charge in [-0.05, 0) is 35.4 Å². The van der Waals surface area contributed by atoms with Gasteiger partial charge >= 0.3 is 0 Å². The molecule has 2 heterocycles. The molecule has 0 unspecified atom stereocenters. The summed E-state index contributed by atoms with van der Waals surface area (Å²) in [6, 6.07) is 21.9. The number of benzene rings is 2. The van der Waals surface area contributed by atoms with Crippen LogP contribution in [-0.2, 0) is 12.3 Å². The summed E-state index contributed by atoms with van der Waals surface area (Å²) in [4.78, 5) is 18.1. The van der Waals surface area contributed by atoms with Gasteiger partial charge in [0.15, 0.2) is 11.0 Å². The highest BCUT2D eigenvalue weighted by Gasteiger charge is 2.16. The molecule has 0 atom stereocenters. The van der Waals surface area contributed by atoms with Gasteiger partial charge in [0, 0.05) is 43.4 Å². The first-order valence-electron chi connectivity index (χ1n) is 9.93. The van der Waals surface area contributed by atoms with Crippen LogP contribution in [0.4, 0.5) is 0 Å². The lowest BCUT2D eigenvalue weighted by Crippen LogP contribution is -2.21. The third-order valence-electron chi connectivity index (χ3n) is 4.77. The Morgan fingerprint density at radius 1 is 0.968 bits per heavy atom. The Bertz CT molecular complexity index is 1160. The molecule has 0 bridgehead atoms. The van der Waals surface area contributed by atoms with Crippen molar-refractivity contribution in [2.45, 2.75) is 17.5 Å². The number of carbonyl (C=O) groups is 1. The summed E-state index contributed by atoms with van der Waals surface area (Å²) in [5.74, 6) is 1.48. The van der Waals surface area contributed by atoms with E-state index in [-0.39, 0.29) is 5.91 Å². The molecule has 4 rings (SSSR count). The molecule has 0 aliphatic carbocycles. The first-order chi connectivity index (χ1) is 15.1. The number of amides is 1. The van der Waals surface area contributed by atoms with Crippen molar-refractivity contribution in [2.24, 2.45) is 0 Å². The first kappa shape index (κ1) is 20.8. The Kier molecular flexibility index (Phi) is 6.43. The topological polar surface area (TPSA) is 63.9 Å². The van der Waals surface area contributed by atoms with Crippen molar-refractivity contribution in [3.05, 3.63) is 95.8 Å². The van der Waals surface area contributed by atoms with Crippen LogP contribution in [0, 0.1) is 0 Å². The molecule has 0 N–H and O–H groups in total. The van der Waals surface area contributed by atoms with Crippen LogP contribution in [0.2, 0.25) is 0 Å². The van der Waals surface area contributed by atoms with E-state index >= 15 is 0 Å². The van der Waals surface area contributed by atoms with Gasteiger partial charge in [0.05, 0.1) is 6.54 Å². The van der Waals surface area contributed by atoms with Crippen LogP contribution >= 0.6 is 11.8 Å². The lowest BCUT2D eigenvalue weighted by atomic mass is 10.1. The summed E-state index contributed by atoms with van der Waals surface area (Å²) in [6.07, 6.45) is 3.55. The van der Waals surface area contributed by atoms with Crippen molar-refractivity contribution >= 4 is 17.7 Å². The summed E-state index contributed by atoms with van der Waals surface area (Å²) in [5.41, 5.74) is 3.85. The molecule has 4 aromatic rings. The molecule has 0 spiro atoms. The second-order valence-electron chi connectivity index (χ2n) is 7.31. The smallest absolute Gasteiger partial charge is 0.253 e. The summed E-state index contributed by atoms with van der Waals surface area (Å²) in [5, 5.41) is 9.74. The van der Waals surface area contributed by atoms with Crippen molar-refractivity contribution in [2.75, 3.05) is 14.1 Å². The Morgan fingerprint density at radius 2 is 1.77 bits per heavy atom. The van der Waals surface area contributed by atoms with Gasteiger partial charge in [-0.25, -0.2) is 0 Å². The lowest BCUT2D eigenvalue weighted by molar-refractivity contribution is 0.0827. The number of nitrogens with zero attached hydrogens (tertiary/aromatic N) is 5. The highest BCUT2D eigenvalue weighted by Crippen LogP contribution is 2.27. The third-order valence-corrected chi connectivity index (χ3v) is 5.81. The fourth-order valence-corrected chi connectivity index (χ4v) is 4.09. The minimum Gasteiger partial charge on any atom is -0.345 e. The van der Waals surface area contributed by atoms with Crippen LogP contribution in [0.3, 0.4) is 0 Å². The predicted molar refractivity (Wildman–Crippen MR) is 123 cm³/mol. The second-order valence-corrected chi connectivity index (χ2v) is 8.25. The highest BCUT2D eigenvalue weighted by molar-refractivity contribution is 7.98. The average molecular weight is 430 g/mol. The number of rotatable bonds is 7. The number of pyridine rings is 1. The maximum Gasteiger partial charge on any atom is 0.253 e. The molecule has 0 aliphatic heterocycles. The Balaban J connectivity index is 1.60. The van der Waals surface area contributed by atoms with Crippen LogP contribution in [0.15, 0.2) is 84.3 Å². The van der Waals surface area contributed by atoms with Crippen LogP contribution < -0.4 is 0 Å². The molecule has 0 radical (unpaired) electrons. The van der Waals surface area contributed by atoms with E-state index in [4.69, 9.17) is 0 Å². The quantitative estimate of drug-likeness (QED) is 0.408. The number of hydrogen-bond acceptors (Lipinski definition) is 5. The van der Waals surface area contributed by atoms with E-state index in [9.17, 15) is 4.79 Å². The van der Waals surface area contributed by atoms with Gasteiger partial charge in [-0.2, -0.15) is 0 Å². The fraction of sp³-hybridized carbons (Fsp3) is 0.167. The van der Waals surface area contributed by atoms with Gasteiger partial charge in [0.2, 0.25) is 0 Å². The van der Waals surface area contributed by atoms with E-state index in [0.29, 0.717) is 17.9 Å². The number of thioether (sulfide) groups is 1. The molecule has 2 aromatic carbocycles. The molecular weight excluding hydrogens is 406 g/mol. The van der Waals surface area contributed by atoms with Gasteiger partial charge in [-0.15, -0.1) is 10.2 Å². The van der Waals surface area contributed by atoms with Gasteiger partial charge in [0.1, 0.15) is 0 Å². The van der Waals surface area contributed by atoms with Crippen molar-refractivity contribution in [3.63, 3.8) is 0 Å². The number of aromatic nitrogens is 4. The highest BCUT2D eigenvalue weighted by atomic mass is 32.2. The minimum absolute atomic E-state index is 0.00189. The van der Waals surface area contributed by atoms with Crippen LogP contribution in [0.1, 0.15) is 21.5 Å². The molecule has 1 amide bonds. The largest absolute Gasteiger partial charge is 0.345 e. The van der Waals surface area contributed by atoms with E-state index in [1.807, 2.05) is 54.6 Å². The Hall–Kier alpha value is -3.45. The summed E-state index contributed by atoms with van der Waals surface area (Å²) >= 11 is 1.61. The third kappa shape index (κ3) is 5.00.